The largest absolute Gasteiger partial charge is 0.493 e. The van der Waals surface area contributed by atoms with E-state index in [0.29, 0.717) is 6.04 Å². The molecule has 0 unspecified atom stereocenters. The summed E-state index contributed by atoms with van der Waals surface area (Å²) in [5.41, 5.74) is 1.22. The molecule has 0 saturated heterocycles. The van der Waals surface area contributed by atoms with E-state index in [0.717, 1.165) is 22.9 Å². The van der Waals surface area contributed by atoms with Crippen LogP contribution in [-0.4, -0.2) is 25.2 Å². The van der Waals surface area contributed by atoms with Gasteiger partial charge >= 0.3 is 0 Å². The Morgan fingerprint density at radius 1 is 1.18 bits per heavy atom. The molecule has 2 rings (SSSR count). The van der Waals surface area contributed by atoms with E-state index in [-0.39, 0.29) is 6.04 Å². The quantitative estimate of drug-likeness (QED) is 0.844. The molecule has 22 heavy (non-hydrogen) atoms. The Morgan fingerprint density at radius 3 is 2.50 bits per heavy atom. The van der Waals surface area contributed by atoms with Crippen LogP contribution in [0, 0.1) is 6.92 Å². The van der Waals surface area contributed by atoms with E-state index in [1.165, 1.54) is 10.4 Å². The molecule has 0 aliphatic carbocycles. The molecule has 0 bridgehead atoms. The van der Waals surface area contributed by atoms with Crippen molar-refractivity contribution in [2.45, 2.75) is 39.3 Å². The first kappa shape index (κ1) is 16.8. The number of thiazole rings is 1. The van der Waals surface area contributed by atoms with Gasteiger partial charge in [-0.25, -0.2) is 4.98 Å². The molecule has 2 atom stereocenters. The highest BCUT2D eigenvalue weighted by Gasteiger charge is 2.14. The molecule has 0 radical (unpaired) electrons. The lowest BCUT2D eigenvalue weighted by molar-refractivity contribution is 0.354. The normalized spacial score (nSPS) is 13.7. The Kier molecular flexibility index (Phi) is 5.80. The lowest BCUT2D eigenvalue weighted by atomic mass is 10.1. The van der Waals surface area contributed by atoms with E-state index in [2.05, 4.69) is 37.1 Å². The second kappa shape index (κ2) is 7.61. The number of benzene rings is 1. The number of hydrogen-bond donors (Lipinski definition) is 1. The number of nitrogens with zero attached hydrogens (tertiary/aromatic N) is 1. The molecule has 4 nitrogen and oxygen atoms in total. The van der Waals surface area contributed by atoms with Crippen LogP contribution in [0.3, 0.4) is 0 Å². The summed E-state index contributed by atoms with van der Waals surface area (Å²) in [6, 6.07) is 6.67. The minimum Gasteiger partial charge on any atom is -0.493 e. The predicted octanol–water partition coefficient (Wildman–Crippen LogP) is 3.75. The Labute approximate surface area is 136 Å². The lowest BCUT2D eigenvalue weighted by Gasteiger charge is -2.19. The fourth-order valence-corrected chi connectivity index (χ4v) is 3.28. The third kappa shape index (κ3) is 4.21. The minimum absolute atomic E-state index is 0.258. The molecule has 0 aliphatic rings. The van der Waals surface area contributed by atoms with Crippen LogP contribution in [0.15, 0.2) is 24.4 Å². The molecule has 1 N–H and O–H groups in total. The summed E-state index contributed by atoms with van der Waals surface area (Å²) >= 11 is 1.74. The number of aromatic nitrogens is 1. The van der Waals surface area contributed by atoms with Gasteiger partial charge in [-0.15, -0.1) is 11.3 Å². The molecule has 0 fully saturated rings. The van der Waals surface area contributed by atoms with Gasteiger partial charge in [0.25, 0.3) is 0 Å². The van der Waals surface area contributed by atoms with Crippen molar-refractivity contribution in [2.24, 2.45) is 0 Å². The van der Waals surface area contributed by atoms with Crippen LogP contribution < -0.4 is 14.8 Å². The van der Waals surface area contributed by atoms with Crippen LogP contribution in [-0.2, 0) is 6.42 Å². The summed E-state index contributed by atoms with van der Waals surface area (Å²) in [6.07, 6.45) is 2.85. The van der Waals surface area contributed by atoms with Crippen LogP contribution in [0.4, 0.5) is 0 Å². The van der Waals surface area contributed by atoms with Gasteiger partial charge in [0.15, 0.2) is 11.5 Å². The Hall–Kier alpha value is -1.59. The SMILES string of the molecule is COc1ccc(C[C@H](C)N[C@@H](C)c2ncc(C)s2)cc1OC. The van der Waals surface area contributed by atoms with Gasteiger partial charge in [0.05, 0.1) is 20.3 Å². The highest BCUT2D eigenvalue weighted by molar-refractivity contribution is 7.11. The van der Waals surface area contributed by atoms with Crippen LogP contribution in [0.1, 0.15) is 35.3 Å². The molecular formula is C17H24N2O2S. The molecule has 1 aromatic carbocycles. The van der Waals surface area contributed by atoms with Crippen LogP contribution in [0.25, 0.3) is 0 Å². The smallest absolute Gasteiger partial charge is 0.160 e. The van der Waals surface area contributed by atoms with Crippen molar-refractivity contribution in [3.63, 3.8) is 0 Å². The Morgan fingerprint density at radius 2 is 1.91 bits per heavy atom. The van der Waals surface area contributed by atoms with Gasteiger partial charge in [0, 0.05) is 17.1 Å². The number of ether oxygens (including phenoxy) is 2. The van der Waals surface area contributed by atoms with E-state index in [1.54, 1.807) is 25.6 Å². The molecule has 1 aromatic heterocycles. The maximum absolute atomic E-state index is 5.36. The van der Waals surface area contributed by atoms with Gasteiger partial charge in [0.2, 0.25) is 0 Å². The summed E-state index contributed by atoms with van der Waals surface area (Å²) in [5, 5.41) is 4.74. The first-order valence-corrected chi connectivity index (χ1v) is 8.24. The fourth-order valence-electron chi connectivity index (χ4n) is 2.49. The van der Waals surface area contributed by atoms with E-state index in [9.17, 15) is 0 Å². The van der Waals surface area contributed by atoms with Crippen molar-refractivity contribution >= 4 is 11.3 Å². The molecule has 0 saturated carbocycles. The number of aryl methyl sites for hydroxylation is 1. The monoisotopic (exact) mass is 320 g/mol. The number of hydrogen-bond acceptors (Lipinski definition) is 5. The first-order chi connectivity index (χ1) is 10.5. The Balaban J connectivity index is 1.98. The van der Waals surface area contributed by atoms with Crippen LogP contribution in [0.5, 0.6) is 11.5 Å². The van der Waals surface area contributed by atoms with Crippen molar-refractivity contribution in [3.8, 4) is 11.5 Å². The second-order valence-electron chi connectivity index (χ2n) is 5.49. The van der Waals surface area contributed by atoms with Crippen LogP contribution >= 0.6 is 11.3 Å². The fraction of sp³-hybridized carbons (Fsp3) is 0.471. The molecule has 120 valence electrons. The zero-order valence-corrected chi connectivity index (χ0v) is 14.7. The maximum atomic E-state index is 5.36. The molecule has 1 heterocycles. The Bertz CT molecular complexity index is 612. The topological polar surface area (TPSA) is 43.4 Å². The molecular weight excluding hydrogens is 296 g/mol. The van der Waals surface area contributed by atoms with Gasteiger partial charge < -0.3 is 14.8 Å². The van der Waals surface area contributed by atoms with Crippen molar-refractivity contribution in [2.75, 3.05) is 14.2 Å². The van der Waals surface area contributed by atoms with E-state index in [1.807, 2.05) is 18.3 Å². The lowest BCUT2D eigenvalue weighted by Crippen LogP contribution is -2.30. The summed E-state index contributed by atoms with van der Waals surface area (Å²) < 4.78 is 10.6. The van der Waals surface area contributed by atoms with Gasteiger partial charge in [-0.3, -0.25) is 0 Å². The highest BCUT2D eigenvalue weighted by Crippen LogP contribution is 2.28. The van der Waals surface area contributed by atoms with Crippen molar-refractivity contribution in [1.82, 2.24) is 10.3 Å². The zero-order chi connectivity index (χ0) is 16.1. The first-order valence-electron chi connectivity index (χ1n) is 7.42. The average molecular weight is 320 g/mol. The average Bonchev–Trinajstić information content (AvgIpc) is 2.93. The zero-order valence-electron chi connectivity index (χ0n) is 13.8. The maximum Gasteiger partial charge on any atom is 0.160 e. The van der Waals surface area contributed by atoms with Gasteiger partial charge in [0.1, 0.15) is 5.01 Å². The van der Waals surface area contributed by atoms with Gasteiger partial charge in [-0.1, -0.05) is 6.07 Å². The number of nitrogens with one attached hydrogen (secondary N) is 1. The summed E-state index contributed by atoms with van der Waals surface area (Å²) in [4.78, 5) is 5.69. The third-order valence-electron chi connectivity index (χ3n) is 3.53. The van der Waals surface area contributed by atoms with Crippen molar-refractivity contribution < 1.29 is 9.47 Å². The van der Waals surface area contributed by atoms with Gasteiger partial charge in [-0.2, -0.15) is 0 Å². The minimum atomic E-state index is 0.258. The van der Waals surface area contributed by atoms with Crippen molar-refractivity contribution in [1.29, 1.82) is 0 Å². The van der Waals surface area contributed by atoms with Crippen molar-refractivity contribution in [3.05, 3.63) is 39.8 Å². The van der Waals surface area contributed by atoms with E-state index < -0.39 is 0 Å². The third-order valence-corrected chi connectivity index (χ3v) is 4.63. The van der Waals surface area contributed by atoms with E-state index >= 15 is 0 Å². The summed E-state index contributed by atoms with van der Waals surface area (Å²) in [5.74, 6) is 1.54. The predicted molar refractivity (Wildman–Crippen MR) is 91.1 cm³/mol. The molecule has 5 heteroatoms. The standard InChI is InChI=1S/C17H24N2O2S/c1-11(19-13(3)17-18-10-12(2)22-17)8-14-6-7-15(20-4)16(9-14)21-5/h6-7,9-11,13,19H,8H2,1-5H3/t11-,13-/m0/s1. The molecule has 0 spiro atoms. The second-order valence-corrected chi connectivity index (χ2v) is 6.76. The molecule has 0 amide bonds. The highest BCUT2D eigenvalue weighted by atomic mass is 32.1. The van der Waals surface area contributed by atoms with Crippen LogP contribution in [0.2, 0.25) is 0 Å². The summed E-state index contributed by atoms with van der Waals surface area (Å²) in [7, 11) is 3.32. The van der Waals surface area contributed by atoms with E-state index in [4.69, 9.17) is 9.47 Å². The summed E-state index contributed by atoms with van der Waals surface area (Å²) in [6.45, 7) is 6.43. The molecule has 2 aromatic rings. The number of methoxy groups -OCH3 is 2. The van der Waals surface area contributed by atoms with Gasteiger partial charge in [-0.05, 0) is 44.9 Å². The molecule has 0 aliphatic heterocycles. The number of rotatable bonds is 7.